The number of carbonyl (C=O) groups is 1. The maximum Gasteiger partial charge on any atom is 0.387 e. The molecule has 1 N–H and O–H groups in total. The maximum absolute atomic E-state index is 13.3. The van der Waals surface area contributed by atoms with Crippen LogP contribution in [0.4, 0.5) is 8.78 Å². The van der Waals surface area contributed by atoms with Crippen LogP contribution in [0.2, 0.25) is 10.0 Å². The number of hydrazine groups is 1. The predicted octanol–water partition coefficient (Wildman–Crippen LogP) is 4.65. The van der Waals surface area contributed by atoms with E-state index in [9.17, 15) is 13.6 Å². The number of para-hydroxylation sites is 1. The molecule has 2 aromatic carbocycles. The van der Waals surface area contributed by atoms with Crippen molar-refractivity contribution in [3.63, 3.8) is 0 Å². The molecule has 0 aliphatic heterocycles. The minimum atomic E-state index is -3.17. The average Bonchev–Trinajstić information content (AvgIpc) is 3.06. The van der Waals surface area contributed by atoms with Gasteiger partial charge in [-0.2, -0.15) is 13.9 Å². The summed E-state index contributed by atoms with van der Waals surface area (Å²) in [6.45, 7) is -3.17. The average molecular weight is 441 g/mol. The molecule has 1 aromatic heterocycles. The van der Waals surface area contributed by atoms with Crippen LogP contribution in [0.3, 0.4) is 0 Å². The first kappa shape index (κ1) is 21.0. The van der Waals surface area contributed by atoms with Crippen molar-refractivity contribution in [3.8, 4) is 22.7 Å². The molecule has 0 bridgehead atoms. The summed E-state index contributed by atoms with van der Waals surface area (Å²) in [5.41, 5.74) is 3.32. The minimum Gasteiger partial charge on any atom is -0.430 e. The number of hydrogen-bond donors (Lipinski definition) is 1. The fourth-order valence-electron chi connectivity index (χ4n) is 2.66. The lowest BCUT2D eigenvalue weighted by molar-refractivity contribution is -0.0499. The zero-order valence-corrected chi connectivity index (χ0v) is 16.9. The van der Waals surface area contributed by atoms with Gasteiger partial charge in [0.05, 0.1) is 10.7 Å². The van der Waals surface area contributed by atoms with Crippen LogP contribution in [0.15, 0.2) is 48.5 Å². The molecule has 0 fully saturated rings. The van der Waals surface area contributed by atoms with Crippen LogP contribution >= 0.6 is 23.2 Å². The Kier molecular flexibility index (Phi) is 6.36. The molecular weight excluding hydrogens is 425 g/mol. The Labute approximate surface area is 175 Å². The summed E-state index contributed by atoms with van der Waals surface area (Å²) in [5.74, 6) is -1.03. The first-order valence-electron chi connectivity index (χ1n) is 8.37. The Balaban J connectivity index is 2.34. The highest BCUT2D eigenvalue weighted by Crippen LogP contribution is 2.38. The third kappa shape index (κ3) is 4.34. The Morgan fingerprint density at radius 1 is 1.17 bits per heavy atom. The highest BCUT2D eigenvalue weighted by molar-refractivity contribution is 6.32. The molecule has 152 valence electrons. The molecule has 0 radical (unpaired) electrons. The van der Waals surface area contributed by atoms with Crippen molar-refractivity contribution < 1.29 is 18.3 Å². The van der Waals surface area contributed by atoms with E-state index in [2.05, 4.69) is 10.5 Å². The summed E-state index contributed by atoms with van der Waals surface area (Å²) in [6.07, 6.45) is 0. The van der Waals surface area contributed by atoms with Gasteiger partial charge >= 0.3 is 6.61 Å². The van der Waals surface area contributed by atoms with Crippen LogP contribution in [0.1, 0.15) is 10.5 Å². The van der Waals surface area contributed by atoms with Crippen molar-refractivity contribution in [2.75, 3.05) is 14.1 Å². The molecule has 0 saturated carbocycles. The van der Waals surface area contributed by atoms with Crippen molar-refractivity contribution in [2.45, 2.75) is 6.61 Å². The van der Waals surface area contributed by atoms with Gasteiger partial charge in [-0.1, -0.05) is 47.5 Å². The summed E-state index contributed by atoms with van der Waals surface area (Å²) in [6, 6.07) is 13.1. The van der Waals surface area contributed by atoms with Crippen LogP contribution < -0.4 is 10.2 Å². The van der Waals surface area contributed by atoms with Crippen LogP contribution in [-0.2, 0) is 0 Å². The van der Waals surface area contributed by atoms with Crippen LogP contribution in [0, 0.1) is 0 Å². The molecule has 10 heteroatoms. The van der Waals surface area contributed by atoms with Crippen LogP contribution in [0.5, 0.6) is 5.75 Å². The monoisotopic (exact) mass is 440 g/mol. The molecular formula is C19H16Cl2F2N4O2. The van der Waals surface area contributed by atoms with Crippen LogP contribution in [-0.4, -0.2) is 41.4 Å². The van der Waals surface area contributed by atoms with Crippen molar-refractivity contribution >= 4 is 29.1 Å². The Hall–Kier alpha value is -2.68. The number of ether oxygens (including phenoxy) is 1. The van der Waals surface area contributed by atoms with E-state index in [1.165, 1.54) is 18.8 Å². The molecule has 1 amide bonds. The molecule has 0 aliphatic carbocycles. The SMILES string of the molecule is CNN(C)C(=O)c1nn(-c2ccccc2Cl)c(-c2ccc(Cl)cc2)c1OC(F)F. The van der Waals surface area contributed by atoms with Crippen molar-refractivity contribution in [1.82, 2.24) is 20.2 Å². The normalized spacial score (nSPS) is 11.0. The van der Waals surface area contributed by atoms with Gasteiger partial charge in [0.25, 0.3) is 5.91 Å². The van der Waals surface area contributed by atoms with E-state index in [0.29, 0.717) is 21.3 Å². The molecule has 1 heterocycles. The zero-order valence-electron chi connectivity index (χ0n) is 15.4. The van der Waals surface area contributed by atoms with Gasteiger partial charge in [-0.15, -0.1) is 0 Å². The van der Waals surface area contributed by atoms with Gasteiger partial charge < -0.3 is 4.74 Å². The van der Waals surface area contributed by atoms with E-state index in [4.69, 9.17) is 27.9 Å². The maximum atomic E-state index is 13.3. The molecule has 3 aromatic rings. The van der Waals surface area contributed by atoms with Gasteiger partial charge in [0.1, 0.15) is 5.69 Å². The number of nitrogens with one attached hydrogen (secondary N) is 1. The Morgan fingerprint density at radius 2 is 1.83 bits per heavy atom. The molecule has 0 unspecified atom stereocenters. The highest BCUT2D eigenvalue weighted by Gasteiger charge is 2.30. The summed E-state index contributed by atoms with van der Waals surface area (Å²) in [4.78, 5) is 12.8. The number of halogens is 4. The van der Waals surface area contributed by atoms with E-state index < -0.39 is 12.5 Å². The van der Waals surface area contributed by atoms with Crippen molar-refractivity contribution in [2.24, 2.45) is 0 Å². The topological polar surface area (TPSA) is 59.4 Å². The van der Waals surface area contributed by atoms with E-state index in [-0.39, 0.29) is 17.1 Å². The standard InChI is InChI=1S/C19H16Cl2F2N4O2/c1-24-26(2)18(28)15-17(29-19(22)23)16(11-7-9-12(20)10-8-11)27(25-15)14-6-4-3-5-13(14)21/h3-10,19,24H,1-2H3. The highest BCUT2D eigenvalue weighted by atomic mass is 35.5. The quantitative estimate of drug-likeness (QED) is 0.566. The third-order valence-corrected chi connectivity index (χ3v) is 4.66. The summed E-state index contributed by atoms with van der Waals surface area (Å²) in [5, 5.41) is 6.15. The number of aromatic nitrogens is 2. The lowest BCUT2D eigenvalue weighted by Gasteiger charge is -2.14. The van der Waals surface area contributed by atoms with Gasteiger partial charge in [0.15, 0.2) is 11.4 Å². The smallest absolute Gasteiger partial charge is 0.387 e. The van der Waals surface area contributed by atoms with Gasteiger partial charge in [-0.25, -0.2) is 10.1 Å². The van der Waals surface area contributed by atoms with Gasteiger partial charge in [0, 0.05) is 24.7 Å². The Bertz CT molecular complexity index is 1030. The molecule has 0 spiro atoms. The molecule has 29 heavy (non-hydrogen) atoms. The van der Waals surface area contributed by atoms with Crippen molar-refractivity contribution in [3.05, 3.63) is 64.3 Å². The number of carbonyl (C=O) groups excluding carboxylic acids is 1. The molecule has 0 saturated heterocycles. The van der Waals surface area contributed by atoms with E-state index in [1.54, 1.807) is 48.5 Å². The molecule has 0 atom stereocenters. The second kappa shape index (κ2) is 8.77. The zero-order chi connectivity index (χ0) is 21.1. The first-order chi connectivity index (χ1) is 13.8. The van der Waals surface area contributed by atoms with Crippen molar-refractivity contribution in [1.29, 1.82) is 0 Å². The van der Waals surface area contributed by atoms with E-state index >= 15 is 0 Å². The third-order valence-electron chi connectivity index (χ3n) is 4.09. The number of hydrogen-bond acceptors (Lipinski definition) is 4. The summed E-state index contributed by atoms with van der Waals surface area (Å²) < 4.78 is 32.6. The van der Waals surface area contributed by atoms with E-state index in [0.717, 1.165) is 5.01 Å². The fraction of sp³-hybridized carbons (Fsp3) is 0.158. The van der Waals surface area contributed by atoms with E-state index in [1.807, 2.05) is 0 Å². The number of alkyl halides is 2. The second-order valence-corrected chi connectivity index (χ2v) is 6.71. The number of benzene rings is 2. The summed E-state index contributed by atoms with van der Waals surface area (Å²) >= 11 is 12.3. The largest absolute Gasteiger partial charge is 0.430 e. The second-order valence-electron chi connectivity index (χ2n) is 5.86. The number of nitrogens with zero attached hydrogens (tertiary/aromatic N) is 3. The minimum absolute atomic E-state index is 0.142. The van der Waals surface area contributed by atoms with Gasteiger partial charge in [-0.3, -0.25) is 9.80 Å². The first-order valence-corrected chi connectivity index (χ1v) is 9.13. The molecule has 0 aliphatic rings. The van der Waals surface area contributed by atoms with Gasteiger partial charge in [0.2, 0.25) is 0 Å². The predicted molar refractivity (Wildman–Crippen MR) is 107 cm³/mol. The fourth-order valence-corrected chi connectivity index (χ4v) is 3.01. The lowest BCUT2D eigenvalue weighted by Crippen LogP contribution is -2.37. The van der Waals surface area contributed by atoms with Gasteiger partial charge in [-0.05, 0) is 24.3 Å². The lowest BCUT2D eigenvalue weighted by atomic mass is 10.1. The van der Waals surface area contributed by atoms with Crippen LogP contribution in [0.25, 0.3) is 16.9 Å². The summed E-state index contributed by atoms with van der Waals surface area (Å²) in [7, 11) is 2.95. The molecule has 6 nitrogen and oxygen atoms in total. The number of rotatable bonds is 6. The molecule has 3 rings (SSSR count). The Morgan fingerprint density at radius 3 is 2.41 bits per heavy atom. The number of amides is 1.